The van der Waals surface area contributed by atoms with Crippen LogP contribution < -0.4 is 15.4 Å². The number of ether oxygens (including phenoxy) is 1. The number of carbonyl (C=O) groups excluding carboxylic acids is 1. The summed E-state index contributed by atoms with van der Waals surface area (Å²) in [6, 6.07) is 7.88. The van der Waals surface area contributed by atoms with Gasteiger partial charge in [0.25, 0.3) is 0 Å². The monoisotopic (exact) mass is 434 g/mol. The number of hydrogen-bond donors (Lipinski definition) is 2. The van der Waals surface area contributed by atoms with Crippen LogP contribution in [0.3, 0.4) is 0 Å². The lowest BCUT2D eigenvalue weighted by Crippen LogP contribution is -2.43. The largest absolute Gasteiger partial charge is 0.497 e. The first-order chi connectivity index (χ1) is 10.6. The highest BCUT2D eigenvalue weighted by molar-refractivity contribution is 14.0. The lowest BCUT2D eigenvalue weighted by molar-refractivity contribution is -0.120. The maximum atomic E-state index is 11.6. The fourth-order valence-corrected chi connectivity index (χ4v) is 1.95. The van der Waals surface area contributed by atoms with Crippen molar-refractivity contribution in [2.75, 3.05) is 34.3 Å². The van der Waals surface area contributed by atoms with Crippen molar-refractivity contribution >= 4 is 35.8 Å². The van der Waals surface area contributed by atoms with Gasteiger partial charge in [-0.25, -0.2) is 0 Å². The van der Waals surface area contributed by atoms with Crippen LogP contribution in [0.1, 0.15) is 18.9 Å². The van der Waals surface area contributed by atoms with Gasteiger partial charge in [0.05, 0.1) is 13.7 Å². The van der Waals surface area contributed by atoms with Crippen molar-refractivity contribution in [3.63, 3.8) is 0 Å². The SMILES string of the molecule is CCCNC(=O)CNC(=NC)N(C)Cc1ccc(OC)cc1.I. The Bertz CT molecular complexity index is 491. The first kappa shape index (κ1) is 21.5. The highest BCUT2D eigenvalue weighted by Gasteiger charge is 2.08. The number of nitrogens with one attached hydrogen (secondary N) is 2. The van der Waals surface area contributed by atoms with Crippen LogP contribution in [0.15, 0.2) is 29.3 Å². The van der Waals surface area contributed by atoms with E-state index in [1.165, 1.54) is 0 Å². The highest BCUT2D eigenvalue weighted by atomic mass is 127. The number of halogens is 1. The molecule has 0 unspecified atom stereocenters. The molecule has 0 fully saturated rings. The minimum Gasteiger partial charge on any atom is -0.497 e. The van der Waals surface area contributed by atoms with Gasteiger partial charge >= 0.3 is 0 Å². The van der Waals surface area contributed by atoms with Gasteiger partial charge in [-0.3, -0.25) is 9.79 Å². The molecule has 0 aromatic heterocycles. The van der Waals surface area contributed by atoms with E-state index in [2.05, 4.69) is 15.6 Å². The predicted molar refractivity (Wildman–Crippen MR) is 105 cm³/mol. The fourth-order valence-electron chi connectivity index (χ4n) is 1.95. The molecular formula is C16H27IN4O2. The maximum Gasteiger partial charge on any atom is 0.239 e. The molecule has 2 N–H and O–H groups in total. The molecule has 6 nitrogen and oxygen atoms in total. The molecule has 0 heterocycles. The fraction of sp³-hybridized carbons (Fsp3) is 0.500. The van der Waals surface area contributed by atoms with E-state index in [-0.39, 0.29) is 36.4 Å². The Kier molecular flexibility index (Phi) is 11.2. The number of benzene rings is 1. The first-order valence-electron chi connectivity index (χ1n) is 7.42. The topological polar surface area (TPSA) is 66.0 Å². The third-order valence-electron chi connectivity index (χ3n) is 3.13. The highest BCUT2D eigenvalue weighted by Crippen LogP contribution is 2.12. The summed E-state index contributed by atoms with van der Waals surface area (Å²) in [7, 11) is 5.29. The van der Waals surface area contributed by atoms with Crippen molar-refractivity contribution in [2.45, 2.75) is 19.9 Å². The van der Waals surface area contributed by atoms with E-state index >= 15 is 0 Å². The smallest absolute Gasteiger partial charge is 0.239 e. The van der Waals surface area contributed by atoms with Crippen LogP contribution in [-0.2, 0) is 11.3 Å². The molecule has 7 heteroatoms. The van der Waals surface area contributed by atoms with Gasteiger partial charge in [-0.2, -0.15) is 0 Å². The van der Waals surface area contributed by atoms with Crippen molar-refractivity contribution < 1.29 is 9.53 Å². The third kappa shape index (κ3) is 8.06. The number of hydrogen-bond acceptors (Lipinski definition) is 3. The summed E-state index contributed by atoms with van der Waals surface area (Å²) >= 11 is 0. The van der Waals surface area contributed by atoms with E-state index in [0.717, 1.165) is 17.7 Å². The second-order valence-electron chi connectivity index (χ2n) is 4.95. The molecule has 0 spiro atoms. The molecule has 130 valence electrons. The molecule has 0 aliphatic heterocycles. The summed E-state index contributed by atoms with van der Waals surface area (Å²) in [4.78, 5) is 17.8. The van der Waals surface area contributed by atoms with E-state index in [0.29, 0.717) is 19.0 Å². The van der Waals surface area contributed by atoms with E-state index in [4.69, 9.17) is 4.74 Å². The minimum absolute atomic E-state index is 0. The van der Waals surface area contributed by atoms with Crippen molar-refractivity contribution in [1.82, 2.24) is 15.5 Å². The minimum atomic E-state index is -0.0270. The molecule has 0 saturated heterocycles. The summed E-state index contributed by atoms with van der Waals surface area (Å²) in [6.45, 7) is 3.63. The molecule has 0 aliphatic carbocycles. The van der Waals surface area contributed by atoms with Crippen LogP contribution in [0.5, 0.6) is 5.75 Å². The van der Waals surface area contributed by atoms with Crippen molar-refractivity contribution in [1.29, 1.82) is 0 Å². The van der Waals surface area contributed by atoms with E-state index in [1.807, 2.05) is 43.1 Å². The molecule has 0 radical (unpaired) electrons. The van der Waals surface area contributed by atoms with Crippen LogP contribution in [0.4, 0.5) is 0 Å². The number of nitrogens with zero attached hydrogens (tertiary/aromatic N) is 2. The third-order valence-corrected chi connectivity index (χ3v) is 3.13. The normalized spacial score (nSPS) is 10.5. The molecule has 0 bridgehead atoms. The standard InChI is InChI=1S/C16H26N4O2.HI/c1-5-10-18-15(21)11-19-16(17-2)20(3)12-13-6-8-14(22-4)9-7-13;/h6-9H,5,10-12H2,1-4H3,(H,17,19)(H,18,21);1H. The molecule has 23 heavy (non-hydrogen) atoms. The molecule has 1 aromatic rings. The number of methoxy groups -OCH3 is 1. The van der Waals surface area contributed by atoms with Crippen LogP contribution in [-0.4, -0.2) is 51.1 Å². The van der Waals surface area contributed by atoms with Crippen LogP contribution in [0.2, 0.25) is 0 Å². The van der Waals surface area contributed by atoms with Crippen LogP contribution in [0.25, 0.3) is 0 Å². The Morgan fingerprint density at radius 3 is 2.43 bits per heavy atom. The number of amides is 1. The molecule has 0 saturated carbocycles. The quantitative estimate of drug-likeness (QED) is 0.391. The Morgan fingerprint density at radius 1 is 1.26 bits per heavy atom. The second-order valence-corrected chi connectivity index (χ2v) is 4.95. The Hall–Kier alpha value is -1.51. The zero-order valence-electron chi connectivity index (χ0n) is 14.3. The van der Waals surface area contributed by atoms with Gasteiger partial charge in [0.1, 0.15) is 5.75 Å². The molecule has 1 rings (SSSR count). The Labute approximate surface area is 155 Å². The van der Waals surface area contributed by atoms with E-state index in [1.54, 1.807) is 14.2 Å². The summed E-state index contributed by atoms with van der Waals surface area (Å²) in [6.07, 6.45) is 0.928. The molecule has 0 atom stereocenters. The maximum absolute atomic E-state index is 11.6. The van der Waals surface area contributed by atoms with Gasteiger partial charge in [0.15, 0.2) is 5.96 Å². The number of guanidine groups is 1. The van der Waals surface area contributed by atoms with Crippen molar-refractivity contribution in [3.8, 4) is 5.75 Å². The van der Waals surface area contributed by atoms with Gasteiger partial charge in [-0.15, -0.1) is 24.0 Å². The van der Waals surface area contributed by atoms with Gasteiger partial charge < -0.3 is 20.3 Å². The average molecular weight is 434 g/mol. The zero-order chi connectivity index (χ0) is 16.4. The summed E-state index contributed by atoms with van der Waals surface area (Å²) in [5.41, 5.74) is 1.14. The van der Waals surface area contributed by atoms with Crippen molar-refractivity contribution in [3.05, 3.63) is 29.8 Å². The van der Waals surface area contributed by atoms with Gasteiger partial charge in [-0.05, 0) is 24.1 Å². The zero-order valence-corrected chi connectivity index (χ0v) is 16.6. The molecule has 1 aromatic carbocycles. The van der Waals surface area contributed by atoms with Gasteiger partial charge in [0, 0.05) is 27.2 Å². The molecule has 0 aliphatic rings. The first-order valence-corrected chi connectivity index (χ1v) is 7.42. The second kappa shape index (κ2) is 12.0. The predicted octanol–water partition coefficient (Wildman–Crippen LogP) is 1.85. The van der Waals surface area contributed by atoms with E-state index in [9.17, 15) is 4.79 Å². The van der Waals surface area contributed by atoms with Crippen LogP contribution in [0, 0.1) is 0 Å². The number of aliphatic imine (C=N–C) groups is 1. The lowest BCUT2D eigenvalue weighted by atomic mass is 10.2. The molecule has 1 amide bonds. The Balaban J connectivity index is 0.00000484. The van der Waals surface area contributed by atoms with Crippen molar-refractivity contribution in [2.24, 2.45) is 4.99 Å². The summed E-state index contributed by atoms with van der Waals surface area (Å²) in [5, 5.41) is 5.88. The number of rotatable bonds is 7. The van der Waals surface area contributed by atoms with E-state index < -0.39 is 0 Å². The van der Waals surface area contributed by atoms with Gasteiger partial charge in [-0.1, -0.05) is 19.1 Å². The van der Waals surface area contributed by atoms with Crippen LogP contribution >= 0.6 is 24.0 Å². The average Bonchev–Trinajstić information content (AvgIpc) is 2.54. The summed E-state index contributed by atoms with van der Waals surface area (Å²) in [5.74, 6) is 1.49. The number of carbonyl (C=O) groups is 1. The molecular weight excluding hydrogens is 407 g/mol. The van der Waals surface area contributed by atoms with Gasteiger partial charge in [0.2, 0.25) is 5.91 Å². The summed E-state index contributed by atoms with van der Waals surface area (Å²) < 4.78 is 5.15. The Morgan fingerprint density at radius 2 is 1.91 bits per heavy atom. The lowest BCUT2D eigenvalue weighted by Gasteiger charge is -2.22.